The Hall–Kier alpha value is -8.06. The zero-order chi connectivity index (χ0) is 67.5. The Kier molecular flexibility index (Phi) is 32.4. The molecule has 6 rings (SSSR count). The van der Waals surface area contributed by atoms with Crippen LogP contribution in [0.5, 0.6) is 0 Å². The van der Waals surface area contributed by atoms with Crippen molar-refractivity contribution in [3.8, 4) is 0 Å². The van der Waals surface area contributed by atoms with Crippen molar-refractivity contribution in [1.29, 1.82) is 0 Å². The number of aryl methyl sites for hydroxylation is 4. The average molecular weight is 1250 g/mol. The topological polar surface area (TPSA) is 183 Å². The van der Waals surface area contributed by atoms with E-state index in [2.05, 4.69) is 26.3 Å². The molecule has 1 saturated carbocycles. The first-order valence-electron chi connectivity index (χ1n) is 31.4. The Morgan fingerprint density at radius 1 is 0.462 bits per heavy atom. The van der Waals surface area contributed by atoms with E-state index >= 15 is 0 Å². The molecule has 1 heterocycles. The fraction of sp³-hybridized carbons (Fsp3) is 0.462. The Morgan fingerprint density at radius 3 is 1.02 bits per heavy atom. The quantitative estimate of drug-likeness (QED) is 0.0313. The van der Waals surface area contributed by atoms with Crippen molar-refractivity contribution in [2.75, 3.05) is 0 Å². The second kappa shape index (κ2) is 37.3. The highest BCUT2D eigenvalue weighted by atomic mass is 16.7. The second-order valence-corrected chi connectivity index (χ2v) is 25.5. The van der Waals surface area contributed by atoms with Gasteiger partial charge in [0.15, 0.2) is 0 Å². The minimum atomic E-state index is -1.16. The molecular weight excluding hydrogens is 1140 g/mol. The van der Waals surface area contributed by atoms with Crippen molar-refractivity contribution in [2.24, 2.45) is 21.7 Å². The van der Waals surface area contributed by atoms with Crippen molar-refractivity contribution in [2.45, 2.75) is 211 Å². The standard InChI is InChI=1S/C21H28O3.C19H22O4.C19H26O3.C18H24O3.CH4/c1-4-17-10-12-18(13-11-17)14-15-21(3,16(2)22)20(23)24-19-8-6-5-7-9-19;1-4-15-7-9-16(10-8-15)11-12-19(3,14(2)20)18(21)23-17-6-5-13-22-17;1-7-15-8-10-16(11-9-15)12-13-19(6,14(2)20)17(21)22-18(3,4)5;1-6-15-7-9-16(10-8-15)11-12-18(5,14(4)19)17(20)21-13(2)3;/h4,10-13,19H,1,5-9,14-15H2,2-3H3;4-5,7-10,13,17H,1,6,11-12H2,2-3H3;7-11H,1,12-13H2,2-6H3;6-10,13H,1,11-12H2,2-5H3;1H4. The molecule has 0 radical (unpaired) electrons. The first-order valence-corrected chi connectivity index (χ1v) is 31.4. The van der Waals surface area contributed by atoms with Crippen LogP contribution in [0.2, 0.25) is 0 Å². The molecule has 0 amide bonds. The fourth-order valence-electron chi connectivity index (χ4n) is 9.44. The van der Waals surface area contributed by atoms with E-state index in [0.29, 0.717) is 57.8 Å². The van der Waals surface area contributed by atoms with E-state index in [0.717, 1.165) is 70.2 Å². The van der Waals surface area contributed by atoms with Crippen molar-refractivity contribution in [3.05, 3.63) is 180 Å². The van der Waals surface area contributed by atoms with Gasteiger partial charge in [0.25, 0.3) is 0 Å². The van der Waals surface area contributed by atoms with Gasteiger partial charge in [-0.3, -0.25) is 38.4 Å². The lowest BCUT2D eigenvalue weighted by molar-refractivity contribution is -0.179. The van der Waals surface area contributed by atoms with Crippen LogP contribution in [-0.4, -0.2) is 71.1 Å². The van der Waals surface area contributed by atoms with Crippen LogP contribution >= 0.6 is 0 Å². The maximum atomic E-state index is 12.6. The molecule has 494 valence electrons. The van der Waals surface area contributed by atoms with E-state index in [1.165, 1.54) is 40.4 Å². The molecule has 0 bridgehead atoms. The number of esters is 4. The van der Waals surface area contributed by atoms with Crippen molar-refractivity contribution < 1.29 is 62.0 Å². The van der Waals surface area contributed by atoms with Crippen LogP contribution in [0.25, 0.3) is 24.3 Å². The molecule has 13 nitrogen and oxygen atoms in total. The van der Waals surface area contributed by atoms with Crippen LogP contribution < -0.4 is 0 Å². The molecule has 2 aliphatic rings. The molecule has 4 aromatic rings. The maximum absolute atomic E-state index is 12.6. The molecule has 1 fully saturated rings. The molecule has 4 aromatic carbocycles. The van der Waals surface area contributed by atoms with Gasteiger partial charge in [-0.05, 0) is 218 Å². The summed E-state index contributed by atoms with van der Waals surface area (Å²) in [5.41, 5.74) is 3.53. The highest BCUT2D eigenvalue weighted by Gasteiger charge is 2.44. The second-order valence-electron chi connectivity index (χ2n) is 25.5. The molecule has 0 spiro atoms. The van der Waals surface area contributed by atoms with Crippen LogP contribution in [-0.2, 0) is 87.7 Å². The van der Waals surface area contributed by atoms with Crippen LogP contribution in [0, 0.1) is 21.7 Å². The summed E-state index contributed by atoms with van der Waals surface area (Å²) in [5.74, 6) is -2.41. The van der Waals surface area contributed by atoms with Crippen LogP contribution in [0.15, 0.2) is 136 Å². The van der Waals surface area contributed by atoms with Gasteiger partial charge >= 0.3 is 23.9 Å². The molecular formula is C78H104O13. The Balaban J connectivity index is 0.000000412. The van der Waals surface area contributed by atoms with Crippen molar-refractivity contribution in [1.82, 2.24) is 0 Å². The molecule has 5 atom stereocenters. The van der Waals surface area contributed by atoms with E-state index in [-0.39, 0.29) is 48.7 Å². The zero-order valence-electron chi connectivity index (χ0n) is 56.0. The van der Waals surface area contributed by atoms with Crippen LogP contribution in [0.3, 0.4) is 0 Å². The summed E-state index contributed by atoms with van der Waals surface area (Å²) in [6.45, 7) is 36.4. The number of hydrogen-bond donors (Lipinski definition) is 0. The maximum Gasteiger partial charge on any atom is 0.322 e. The normalized spacial score (nSPS) is 16.0. The minimum absolute atomic E-state index is 0. The van der Waals surface area contributed by atoms with E-state index in [9.17, 15) is 38.4 Å². The molecule has 1 aliphatic heterocycles. The number of rotatable bonds is 27. The lowest BCUT2D eigenvalue weighted by atomic mass is 9.80. The van der Waals surface area contributed by atoms with Crippen LogP contribution in [0.1, 0.15) is 206 Å². The van der Waals surface area contributed by atoms with Crippen molar-refractivity contribution in [3.63, 3.8) is 0 Å². The first-order chi connectivity index (χ1) is 42.3. The van der Waals surface area contributed by atoms with Gasteiger partial charge in [0, 0.05) is 6.42 Å². The summed E-state index contributed by atoms with van der Waals surface area (Å²) in [4.78, 5) is 97.7. The number of Topliss-reactive ketones (excluding diaryl/α,β-unsaturated/α-hetero) is 4. The van der Waals surface area contributed by atoms with Gasteiger partial charge in [0.1, 0.15) is 56.5 Å². The predicted octanol–water partition coefficient (Wildman–Crippen LogP) is 17.0. The van der Waals surface area contributed by atoms with Gasteiger partial charge in [-0.25, -0.2) is 0 Å². The van der Waals surface area contributed by atoms with Gasteiger partial charge in [0.05, 0.1) is 12.4 Å². The molecule has 0 aromatic heterocycles. The summed E-state index contributed by atoms with van der Waals surface area (Å²) in [6, 6.07) is 31.8. The van der Waals surface area contributed by atoms with Gasteiger partial charge in [-0.2, -0.15) is 0 Å². The fourth-order valence-corrected chi connectivity index (χ4v) is 9.44. The minimum Gasteiger partial charge on any atom is -0.462 e. The molecule has 0 N–H and O–H groups in total. The summed E-state index contributed by atoms with van der Waals surface area (Å²) in [6.07, 6.45) is 19.7. The van der Waals surface area contributed by atoms with Gasteiger partial charge in [-0.1, -0.05) is 162 Å². The smallest absolute Gasteiger partial charge is 0.322 e. The van der Waals surface area contributed by atoms with Crippen molar-refractivity contribution >= 4 is 71.3 Å². The van der Waals surface area contributed by atoms with Gasteiger partial charge < -0.3 is 23.7 Å². The first kappa shape index (κ1) is 79.0. The number of hydrogen-bond acceptors (Lipinski definition) is 13. The summed E-state index contributed by atoms with van der Waals surface area (Å²) >= 11 is 0. The lowest BCUT2D eigenvalue weighted by Gasteiger charge is -2.29. The predicted molar refractivity (Wildman–Crippen MR) is 366 cm³/mol. The zero-order valence-corrected chi connectivity index (χ0v) is 56.0. The Bertz CT molecular complexity index is 3090. The number of benzene rings is 4. The third-order valence-electron chi connectivity index (χ3n) is 16.9. The number of ketones is 4. The number of ether oxygens (including phenoxy) is 5. The molecule has 0 saturated heterocycles. The lowest BCUT2D eigenvalue weighted by Crippen LogP contribution is -2.40. The molecule has 91 heavy (non-hydrogen) atoms. The Labute approximate surface area is 544 Å². The third kappa shape index (κ3) is 25.3. The highest BCUT2D eigenvalue weighted by molar-refractivity contribution is 6.04. The van der Waals surface area contributed by atoms with Crippen LogP contribution in [0.4, 0.5) is 0 Å². The number of carbonyl (C=O) groups excluding carboxylic acids is 8. The van der Waals surface area contributed by atoms with Gasteiger partial charge in [0.2, 0.25) is 6.29 Å². The average Bonchev–Trinajstić information content (AvgIpc) is 1.23. The SMILES string of the molecule is C.C=Cc1ccc(CCC(C)(C(C)=O)C(=O)OC(C)(C)C)cc1.C=Cc1ccc(CCC(C)(C(C)=O)C(=O)OC(C)C)cc1.C=Cc1ccc(CCC(C)(C(C)=O)C(=O)OC2CC=CO2)cc1.C=Cc1ccc(CCC(C)(C(C)=O)C(=O)OC2CCCCC2)cc1. The van der Waals surface area contributed by atoms with Gasteiger partial charge in [-0.15, -0.1) is 0 Å². The monoisotopic (exact) mass is 1250 g/mol. The molecule has 1 aliphatic carbocycles. The van der Waals surface area contributed by atoms with E-state index in [1.54, 1.807) is 92.7 Å². The van der Waals surface area contributed by atoms with E-state index in [1.807, 2.05) is 97.1 Å². The molecule has 5 unspecified atom stereocenters. The largest absolute Gasteiger partial charge is 0.462 e. The number of carbonyl (C=O) groups is 8. The summed E-state index contributed by atoms with van der Waals surface area (Å²) in [7, 11) is 0. The summed E-state index contributed by atoms with van der Waals surface area (Å²) < 4.78 is 26.8. The molecule has 13 heteroatoms. The van der Waals surface area contributed by atoms with E-state index in [4.69, 9.17) is 23.7 Å². The third-order valence-corrected chi connectivity index (χ3v) is 16.9. The Morgan fingerprint density at radius 2 is 0.758 bits per heavy atom. The summed E-state index contributed by atoms with van der Waals surface area (Å²) in [5, 5.41) is 0. The highest BCUT2D eigenvalue weighted by Crippen LogP contribution is 2.33. The van der Waals surface area contributed by atoms with E-state index < -0.39 is 51.5 Å².